The number of carboxylic acid groups (broad SMARTS) is 1. The van der Waals surface area contributed by atoms with Crippen LogP contribution in [0.2, 0.25) is 0 Å². The molecular weight excluding hydrogens is 232 g/mol. The van der Waals surface area contributed by atoms with E-state index in [2.05, 4.69) is 22.4 Å². The van der Waals surface area contributed by atoms with Crippen LogP contribution >= 0.6 is 0 Å². The lowest BCUT2D eigenvalue weighted by atomic mass is 9.82. The third-order valence-corrected chi connectivity index (χ3v) is 3.62. The number of aryl methyl sites for hydroxylation is 1. The van der Waals surface area contributed by atoms with Gasteiger partial charge in [0.1, 0.15) is 0 Å². The van der Waals surface area contributed by atoms with Gasteiger partial charge in [-0.2, -0.15) is 0 Å². The third kappa shape index (κ3) is 3.05. The molecule has 1 heterocycles. The molecule has 0 unspecified atom stereocenters. The standard InChI is InChI=1S/C12H22N4O2/c1-4-7-8-10-13-14-15-16(10)9-12(5-2,6-3)11(17)18/h4-9H2,1-3H3,(H,17,18). The number of hydrogen-bond acceptors (Lipinski definition) is 4. The van der Waals surface area contributed by atoms with Crippen molar-refractivity contribution in [2.75, 3.05) is 0 Å². The van der Waals surface area contributed by atoms with Crippen LogP contribution in [-0.4, -0.2) is 31.3 Å². The molecule has 0 atom stereocenters. The molecule has 0 bridgehead atoms. The van der Waals surface area contributed by atoms with Gasteiger partial charge in [0.15, 0.2) is 5.82 Å². The van der Waals surface area contributed by atoms with E-state index in [1.807, 2.05) is 13.8 Å². The van der Waals surface area contributed by atoms with E-state index in [0.717, 1.165) is 25.1 Å². The van der Waals surface area contributed by atoms with Crippen molar-refractivity contribution in [1.29, 1.82) is 0 Å². The average Bonchev–Trinajstić information content (AvgIpc) is 2.80. The number of tetrazole rings is 1. The minimum absolute atomic E-state index is 0.349. The Kier molecular flexibility index (Phi) is 5.25. The minimum Gasteiger partial charge on any atom is -0.481 e. The quantitative estimate of drug-likeness (QED) is 0.766. The van der Waals surface area contributed by atoms with Gasteiger partial charge in [0.25, 0.3) is 0 Å². The highest BCUT2D eigenvalue weighted by molar-refractivity contribution is 5.74. The van der Waals surface area contributed by atoms with Crippen LogP contribution in [0.25, 0.3) is 0 Å². The van der Waals surface area contributed by atoms with Crippen LogP contribution in [0.15, 0.2) is 0 Å². The Hall–Kier alpha value is -1.46. The minimum atomic E-state index is -0.774. The summed E-state index contributed by atoms with van der Waals surface area (Å²) in [6.07, 6.45) is 4.03. The van der Waals surface area contributed by atoms with Crippen molar-refractivity contribution in [1.82, 2.24) is 20.2 Å². The molecule has 0 aliphatic rings. The number of hydrogen-bond donors (Lipinski definition) is 1. The molecule has 0 radical (unpaired) electrons. The SMILES string of the molecule is CCCCc1nnnn1CC(CC)(CC)C(=O)O. The fourth-order valence-corrected chi connectivity index (χ4v) is 1.99. The summed E-state index contributed by atoms with van der Waals surface area (Å²) >= 11 is 0. The highest BCUT2D eigenvalue weighted by Gasteiger charge is 2.36. The summed E-state index contributed by atoms with van der Waals surface area (Å²) in [4.78, 5) is 11.5. The Bertz CT molecular complexity index is 385. The Morgan fingerprint density at radius 2 is 2.00 bits per heavy atom. The molecule has 0 aromatic carbocycles. The number of unbranched alkanes of at least 4 members (excludes halogenated alkanes) is 1. The van der Waals surface area contributed by atoms with Crippen LogP contribution in [0.3, 0.4) is 0 Å². The smallest absolute Gasteiger partial charge is 0.311 e. The van der Waals surface area contributed by atoms with Gasteiger partial charge in [-0.25, -0.2) is 4.68 Å². The number of carbonyl (C=O) groups is 1. The maximum atomic E-state index is 11.5. The lowest BCUT2D eigenvalue weighted by molar-refractivity contribution is -0.150. The van der Waals surface area contributed by atoms with Gasteiger partial charge in [-0.1, -0.05) is 27.2 Å². The van der Waals surface area contributed by atoms with Crippen LogP contribution < -0.4 is 0 Å². The fourth-order valence-electron chi connectivity index (χ4n) is 1.99. The molecule has 18 heavy (non-hydrogen) atoms. The maximum Gasteiger partial charge on any atom is 0.311 e. The fraction of sp³-hybridized carbons (Fsp3) is 0.833. The van der Waals surface area contributed by atoms with E-state index in [1.54, 1.807) is 4.68 Å². The van der Waals surface area contributed by atoms with Crippen molar-refractivity contribution < 1.29 is 9.90 Å². The largest absolute Gasteiger partial charge is 0.481 e. The highest BCUT2D eigenvalue weighted by Crippen LogP contribution is 2.29. The summed E-state index contributed by atoms with van der Waals surface area (Å²) in [6, 6.07) is 0. The molecule has 0 saturated heterocycles. The van der Waals surface area contributed by atoms with Gasteiger partial charge in [-0.3, -0.25) is 4.79 Å². The molecule has 0 aliphatic heterocycles. The zero-order chi connectivity index (χ0) is 13.6. The van der Waals surface area contributed by atoms with Gasteiger partial charge in [0, 0.05) is 6.42 Å². The summed E-state index contributed by atoms with van der Waals surface area (Å²) < 4.78 is 1.65. The molecular formula is C12H22N4O2. The summed E-state index contributed by atoms with van der Waals surface area (Å²) in [6.45, 7) is 6.25. The normalized spacial score (nSPS) is 11.7. The zero-order valence-corrected chi connectivity index (χ0v) is 11.4. The number of aromatic nitrogens is 4. The lowest BCUT2D eigenvalue weighted by Crippen LogP contribution is -2.35. The maximum absolute atomic E-state index is 11.5. The van der Waals surface area contributed by atoms with E-state index in [4.69, 9.17) is 0 Å². The van der Waals surface area contributed by atoms with Crippen LogP contribution in [0.1, 0.15) is 52.3 Å². The summed E-state index contributed by atoms with van der Waals surface area (Å²) in [5.41, 5.74) is -0.768. The van der Waals surface area contributed by atoms with E-state index < -0.39 is 11.4 Å². The van der Waals surface area contributed by atoms with E-state index in [-0.39, 0.29) is 0 Å². The number of aliphatic carboxylic acids is 1. The molecule has 102 valence electrons. The first-order valence-corrected chi connectivity index (χ1v) is 6.58. The van der Waals surface area contributed by atoms with Crippen molar-refractivity contribution in [2.45, 2.75) is 59.4 Å². The predicted molar refractivity (Wildman–Crippen MR) is 67.1 cm³/mol. The number of carboxylic acids is 1. The van der Waals surface area contributed by atoms with Crippen molar-refractivity contribution in [3.05, 3.63) is 5.82 Å². The Balaban J connectivity index is 2.87. The first kappa shape index (κ1) is 14.6. The summed E-state index contributed by atoms with van der Waals surface area (Å²) in [5, 5.41) is 21.0. The molecule has 0 amide bonds. The van der Waals surface area contributed by atoms with E-state index in [9.17, 15) is 9.90 Å². The molecule has 6 nitrogen and oxygen atoms in total. The van der Waals surface area contributed by atoms with Crippen molar-refractivity contribution >= 4 is 5.97 Å². The molecule has 1 aromatic heterocycles. The lowest BCUT2D eigenvalue weighted by Gasteiger charge is -2.26. The third-order valence-electron chi connectivity index (χ3n) is 3.62. The van der Waals surface area contributed by atoms with Gasteiger partial charge in [-0.15, -0.1) is 5.10 Å². The van der Waals surface area contributed by atoms with Crippen LogP contribution in [0.4, 0.5) is 0 Å². The topological polar surface area (TPSA) is 80.9 Å². The summed E-state index contributed by atoms with van der Waals surface area (Å²) in [7, 11) is 0. The van der Waals surface area contributed by atoms with Gasteiger partial charge in [0.05, 0.1) is 12.0 Å². The molecule has 1 aromatic rings. The Labute approximate surface area is 107 Å². The van der Waals surface area contributed by atoms with Crippen LogP contribution in [-0.2, 0) is 17.8 Å². The number of nitrogens with zero attached hydrogens (tertiary/aromatic N) is 4. The second-order valence-electron chi connectivity index (χ2n) is 4.65. The predicted octanol–water partition coefficient (Wildman–Crippen LogP) is 1.91. The monoisotopic (exact) mass is 254 g/mol. The van der Waals surface area contributed by atoms with Gasteiger partial charge >= 0.3 is 5.97 Å². The molecule has 6 heteroatoms. The Morgan fingerprint density at radius 3 is 2.50 bits per heavy atom. The van der Waals surface area contributed by atoms with Gasteiger partial charge in [-0.05, 0) is 29.7 Å². The van der Waals surface area contributed by atoms with Crippen LogP contribution in [0, 0.1) is 5.41 Å². The van der Waals surface area contributed by atoms with Gasteiger partial charge < -0.3 is 5.11 Å². The van der Waals surface area contributed by atoms with E-state index in [1.165, 1.54) is 0 Å². The molecule has 1 N–H and O–H groups in total. The van der Waals surface area contributed by atoms with Gasteiger partial charge in [0.2, 0.25) is 0 Å². The van der Waals surface area contributed by atoms with E-state index in [0.29, 0.717) is 19.4 Å². The second kappa shape index (κ2) is 6.47. The first-order chi connectivity index (χ1) is 8.59. The molecule has 1 rings (SSSR count). The van der Waals surface area contributed by atoms with Crippen molar-refractivity contribution in [3.63, 3.8) is 0 Å². The molecule has 0 fully saturated rings. The molecule has 0 spiro atoms. The van der Waals surface area contributed by atoms with Crippen molar-refractivity contribution in [3.8, 4) is 0 Å². The van der Waals surface area contributed by atoms with E-state index >= 15 is 0 Å². The average molecular weight is 254 g/mol. The highest BCUT2D eigenvalue weighted by atomic mass is 16.4. The molecule has 0 saturated carbocycles. The second-order valence-corrected chi connectivity index (χ2v) is 4.65. The summed E-state index contributed by atoms with van der Waals surface area (Å²) in [5.74, 6) is 0.00816. The first-order valence-electron chi connectivity index (χ1n) is 6.58. The number of rotatable bonds is 8. The van der Waals surface area contributed by atoms with Crippen LogP contribution in [0.5, 0.6) is 0 Å². The Morgan fingerprint density at radius 1 is 1.33 bits per heavy atom. The zero-order valence-electron chi connectivity index (χ0n) is 11.4. The molecule has 0 aliphatic carbocycles. The van der Waals surface area contributed by atoms with Crippen molar-refractivity contribution in [2.24, 2.45) is 5.41 Å².